The van der Waals surface area contributed by atoms with E-state index in [-0.39, 0.29) is 12.1 Å². The Hall–Kier alpha value is -3.03. The van der Waals surface area contributed by atoms with Crippen molar-refractivity contribution in [2.45, 2.75) is 59.6 Å². The van der Waals surface area contributed by atoms with Gasteiger partial charge in [-0.2, -0.15) is 4.98 Å². The van der Waals surface area contributed by atoms with E-state index in [4.69, 9.17) is 26.5 Å². The van der Waals surface area contributed by atoms with E-state index in [9.17, 15) is 0 Å². The lowest BCUT2D eigenvalue weighted by atomic mass is 9.94. The SMILES string of the molecule is CCc1ccc(C2NC(=S)N(CCCOC(C)C)C(C)=C2c2nc(-c3ccc(C)cc3)no2)cc1. The van der Waals surface area contributed by atoms with Crippen LogP contribution in [0, 0.1) is 6.92 Å². The van der Waals surface area contributed by atoms with E-state index in [1.54, 1.807) is 0 Å². The summed E-state index contributed by atoms with van der Waals surface area (Å²) >= 11 is 5.80. The molecule has 0 radical (unpaired) electrons. The molecular weight excluding hydrogens is 456 g/mol. The number of aryl methyl sites for hydroxylation is 2. The van der Waals surface area contributed by atoms with Crippen LogP contribution in [0.2, 0.25) is 0 Å². The van der Waals surface area contributed by atoms with Crippen molar-refractivity contribution in [3.05, 3.63) is 76.8 Å². The second-order valence-corrected chi connectivity index (χ2v) is 9.58. The zero-order valence-corrected chi connectivity index (χ0v) is 22.0. The molecule has 0 spiro atoms. The molecule has 2 heterocycles. The Labute approximate surface area is 213 Å². The smallest absolute Gasteiger partial charge is 0.258 e. The number of rotatable bonds is 9. The molecule has 184 valence electrons. The van der Waals surface area contributed by atoms with Gasteiger partial charge in [0.05, 0.1) is 17.7 Å². The fraction of sp³-hybridized carbons (Fsp3) is 0.393. The molecule has 2 aromatic carbocycles. The summed E-state index contributed by atoms with van der Waals surface area (Å²) in [6, 6.07) is 16.6. The highest BCUT2D eigenvalue weighted by molar-refractivity contribution is 7.80. The number of hydrogen-bond acceptors (Lipinski definition) is 5. The third kappa shape index (κ3) is 5.80. The maximum absolute atomic E-state index is 5.84. The van der Waals surface area contributed by atoms with Gasteiger partial charge in [-0.3, -0.25) is 0 Å². The molecule has 1 N–H and O–H groups in total. The van der Waals surface area contributed by atoms with Crippen molar-refractivity contribution < 1.29 is 9.26 Å². The van der Waals surface area contributed by atoms with Gasteiger partial charge in [-0.05, 0) is 63.9 Å². The van der Waals surface area contributed by atoms with Gasteiger partial charge in [0.15, 0.2) is 5.11 Å². The quantitative estimate of drug-likeness (QED) is 0.288. The van der Waals surface area contributed by atoms with Crippen LogP contribution in [-0.4, -0.2) is 39.4 Å². The Bertz CT molecular complexity index is 1180. The molecule has 0 fully saturated rings. The Morgan fingerprint density at radius 1 is 1.09 bits per heavy atom. The van der Waals surface area contributed by atoms with E-state index in [2.05, 4.69) is 72.5 Å². The van der Waals surface area contributed by atoms with Crippen LogP contribution in [0.4, 0.5) is 0 Å². The Morgan fingerprint density at radius 2 is 1.80 bits per heavy atom. The zero-order chi connectivity index (χ0) is 24.9. The fourth-order valence-electron chi connectivity index (χ4n) is 4.22. The molecule has 1 atom stereocenters. The van der Waals surface area contributed by atoms with Crippen LogP contribution in [0.3, 0.4) is 0 Å². The molecule has 0 bridgehead atoms. The Kier molecular flexibility index (Phi) is 7.98. The average Bonchev–Trinajstić information content (AvgIpc) is 3.33. The predicted octanol–water partition coefficient (Wildman–Crippen LogP) is 6.08. The second-order valence-electron chi connectivity index (χ2n) is 9.19. The minimum atomic E-state index is -0.178. The maximum atomic E-state index is 5.84. The molecule has 4 rings (SSSR count). The topological polar surface area (TPSA) is 63.4 Å². The van der Waals surface area contributed by atoms with Crippen LogP contribution < -0.4 is 5.32 Å². The minimum absolute atomic E-state index is 0.178. The van der Waals surface area contributed by atoms with Gasteiger partial charge in [0, 0.05) is 24.4 Å². The summed E-state index contributed by atoms with van der Waals surface area (Å²) in [4.78, 5) is 6.91. The van der Waals surface area contributed by atoms with Crippen LogP contribution >= 0.6 is 12.2 Å². The summed E-state index contributed by atoms with van der Waals surface area (Å²) in [6.45, 7) is 11.8. The molecule has 3 aromatic rings. The first kappa shape index (κ1) is 25.1. The number of aromatic nitrogens is 2. The van der Waals surface area contributed by atoms with Crippen molar-refractivity contribution in [1.82, 2.24) is 20.4 Å². The van der Waals surface area contributed by atoms with Crippen molar-refractivity contribution in [3.63, 3.8) is 0 Å². The summed E-state index contributed by atoms with van der Waals surface area (Å²) < 4.78 is 11.6. The summed E-state index contributed by atoms with van der Waals surface area (Å²) in [5.41, 5.74) is 6.47. The number of allylic oxidation sites excluding steroid dienone is 1. The molecule has 1 aromatic heterocycles. The largest absolute Gasteiger partial charge is 0.379 e. The Balaban J connectivity index is 1.70. The standard InChI is InChI=1S/C28H34N4O2S/c1-6-21-10-14-22(15-11-21)25-24(20(5)32(28(35)29-25)16-7-17-33-18(2)3)27-30-26(31-34-27)23-12-8-19(4)9-13-23/h8-15,18,25H,6-7,16-17H2,1-5H3,(H,29,35). The number of hydrogen-bond donors (Lipinski definition) is 1. The highest BCUT2D eigenvalue weighted by Gasteiger charge is 2.34. The molecule has 1 aliphatic rings. The van der Waals surface area contributed by atoms with E-state index >= 15 is 0 Å². The van der Waals surface area contributed by atoms with Crippen LogP contribution in [0.15, 0.2) is 58.8 Å². The number of thiocarbonyl (C=S) groups is 1. The minimum Gasteiger partial charge on any atom is -0.379 e. The Morgan fingerprint density at radius 3 is 2.46 bits per heavy atom. The lowest BCUT2D eigenvalue weighted by Gasteiger charge is -2.37. The predicted molar refractivity (Wildman–Crippen MR) is 144 cm³/mol. The first-order valence-corrected chi connectivity index (χ1v) is 12.7. The van der Waals surface area contributed by atoms with E-state index in [0.29, 0.717) is 23.4 Å². The van der Waals surface area contributed by atoms with Crippen molar-refractivity contribution in [1.29, 1.82) is 0 Å². The molecule has 0 saturated carbocycles. The highest BCUT2D eigenvalue weighted by atomic mass is 32.1. The van der Waals surface area contributed by atoms with Crippen molar-refractivity contribution in [3.8, 4) is 11.4 Å². The summed E-state index contributed by atoms with van der Waals surface area (Å²) in [5, 5.41) is 8.53. The molecule has 35 heavy (non-hydrogen) atoms. The summed E-state index contributed by atoms with van der Waals surface area (Å²) in [6.07, 6.45) is 2.07. The maximum Gasteiger partial charge on any atom is 0.258 e. The molecule has 7 heteroatoms. The van der Waals surface area contributed by atoms with Crippen molar-refractivity contribution in [2.75, 3.05) is 13.2 Å². The first-order chi connectivity index (χ1) is 16.9. The lowest BCUT2D eigenvalue weighted by Crippen LogP contribution is -2.46. The summed E-state index contributed by atoms with van der Waals surface area (Å²) in [5.74, 6) is 1.08. The lowest BCUT2D eigenvalue weighted by molar-refractivity contribution is 0.0749. The van der Waals surface area contributed by atoms with Gasteiger partial charge in [-0.25, -0.2) is 0 Å². The van der Waals surface area contributed by atoms with Gasteiger partial charge in [-0.1, -0.05) is 66.2 Å². The van der Waals surface area contributed by atoms with E-state index in [1.807, 2.05) is 26.0 Å². The third-order valence-corrected chi connectivity index (χ3v) is 6.60. The first-order valence-electron chi connectivity index (χ1n) is 12.3. The normalized spacial score (nSPS) is 16.2. The molecular formula is C28H34N4O2S. The van der Waals surface area contributed by atoms with Crippen molar-refractivity contribution >= 4 is 22.9 Å². The monoisotopic (exact) mass is 490 g/mol. The molecule has 0 aliphatic carbocycles. The molecule has 1 aliphatic heterocycles. The van der Waals surface area contributed by atoms with E-state index in [1.165, 1.54) is 11.1 Å². The highest BCUT2D eigenvalue weighted by Crippen LogP contribution is 2.37. The van der Waals surface area contributed by atoms with Crippen LogP contribution in [-0.2, 0) is 11.2 Å². The zero-order valence-electron chi connectivity index (χ0n) is 21.2. The van der Waals surface area contributed by atoms with Gasteiger partial charge >= 0.3 is 0 Å². The third-order valence-electron chi connectivity index (χ3n) is 6.26. The van der Waals surface area contributed by atoms with Gasteiger partial charge in [0.2, 0.25) is 5.82 Å². The van der Waals surface area contributed by atoms with E-state index in [0.717, 1.165) is 41.8 Å². The van der Waals surface area contributed by atoms with Gasteiger partial charge in [0.25, 0.3) is 5.89 Å². The number of ether oxygens (including phenoxy) is 1. The fourth-order valence-corrected chi connectivity index (χ4v) is 4.56. The number of benzene rings is 2. The van der Waals surface area contributed by atoms with E-state index < -0.39 is 0 Å². The molecule has 0 saturated heterocycles. The van der Waals surface area contributed by atoms with Crippen LogP contribution in [0.25, 0.3) is 17.0 Å². The van der Waals surface area contributed by atoms with Crippen molar-refractivity contribution in [2.24, 2.45) is 0 Å². The number of nitrogens with one attached hydrogen (secondary N) is 1. The van der Waals surface area contributed by atoms with Gasteiger partial charge < -0.3 is 19.5 Å². The average molecular weight is 491 g/mol. The molecule has 1 unspecified atom stereocenters. The molecule has 0 amide bonds. The second kappa shape index (κ2) is 11.1. The number of nitrogens with zero attached hydrogens (tertiary/aromatic N) is 3. The van der Waals surface area contributed by atoms with Crippen LogP contribution in [0.1, 0.15) is 62.7 Å². The van der Waals surface area contributed by atoms with Gasteiger partial charge in [0.1, 0.15) is 0 Å². The van der Waals surface area contributed by atoms with Gasteiger partial charge in [-0.15, -0.1) is 0 Å². The summed E-state index contributed by atoms with van der Waals surface area (Å²) in [7, 11) is 0. The molecule has 6 nitrogen and oxygen atoms in total. The van der Waals surface area contributed by atoms with Crippen LogP contribution in [0.5, 0.6) is 0 Å².